The summed E-state index contributed by atoms with van der Waals surface area (Å²) in [4.78, 5) is 13.8. The predicted octanol–water partition coefficient (Wildman–Crippen LogP) is 1.24. The summed E-state index contributed by atoms with van der Waals surface area (Å²) in [5.41, 5.74) is 0. The number of carbonyl (C=O) groups excluding carboxylic acids is 1. The van der Waals surface area contributed by atoms with Crippen molar-refractivity contribution < 1.29 is 14.6 Å². The molecule has 1 rings (SSSR count). The number of likely N-dealkylation sites (tertiary alicyclic amines) is 1. The van der Waals surface area contributed by atoms with E-state index in [4.69, 9.17) is 9.84 Å². The summed E-state index contributed by atoms with van der Waals surface area (Å²) in [5.74, 6) is -0.165. The van der Waals surface area contributed by atoms with Crippen LogP contribution in [-0.2, 0) is 9.53 Å². The Morgan fingerprint density at radius 2 is 2.12 bits per heavy atom. The molecule has 0 aliphatic carbocycles. The predicted molar refractivity (Wildman–Crippen MR) is 66.4 cm³/mol. The van der Waals surface area contributed by atoms with Crippen molar-refractivity contribution in [3.8, 4) is 0 Å². The first kappa shape index (κ1) is 14.5. The van der Waals surface area contributed by atoms with Crippen LogP contribution in [0.3, 0.4) is 0 Å². The molecule has 0 saturated carbocycles. The number of hydrogen-bond donors (Lipinski definition) is 1. The smallest absolute Gasteiger partial charge is 0.305 e. The molecule has 1 N–H and O–H groups in total. The molecular weight excluding hydrogens is 218 g/mol. The van der Waals surface area contributed by atoms with Gasteiger partial charge in [-0.2, -0.15) is 0 Å². The number of hydrogen-bond acceptors (Lipinski definition) is 4. The fraction of sp³-hybridized carbons (Fsp3) is 0.846. The van der Waals surface area contributed by atoms with Gasteiger partial charge in [0.15, 0.2) is 0 Å². The summed E-state index contributed by atoms with van der Waals surface area (Å²) in [7, 11) is 0. The van der Waals surface area contributed by atoms with Crippen LogP contribution < -0.4 is 0 Å². The van der Waals surface area contributed by atoms with Crippen molar-refractivity contribution in [2.24, 2.45) is 5.92 Å². The lowest BCUT2D eigenvalue weighted by Gasteiger charge is -2.13. The Bertz CT molecular complexity index is 215. The quantitative estimate of drug-likeness (QED) is 0.651. The van der Waals surface area contributed by atoms with E-state index in [0.29, 0.717) is 19.4 Å². The molecule has 1 heterocycles. The van der Waals surface area contributed by atoms with Crippen LogP contribution in [0.2, 0.25) is 0 Å². The molecule has 1 fully saturated rings. The second kappa shape index (κ2) is 8.48. The lowest BCUT2D eigenvalue weighted by Crippen LogP contribution is -2.21. The van der Waals surface area contributed by atoms with E-state index >= 15 is 0 Å². The van der Waals surface area contributed by atoms with Crippen molar-refractivity contribution in [2.45, 2.75) is 32.1 Å². The third-order valence-electron chi connectivity index (χ3n) is 3.10. The van der Waals surface area contributed by atoms with Gasteiger partial charge in [-0.15, -0.1) is 0 Å². The topological polar surface area (TPSA) is 49.8 Å². The van der Waals surface area contributed by atoms with Crippen LogP contribution in [0, 0.1) is 12.8 Å². The SMILES string of the molecule is [CH2]C(CO)CCOC(=O)CCCN1CCCC1. The van der Waals surface area contributed by atoms with Gasteiger partial charge in [-0.05, 0) is 58.2 Å². The molecule has 17 heavy (non-hydrogen) atoms. The van der Waals surface area contributed by atoms with Gasteiger partial charge in [0.25, 0.3) is 0 Å². The van der Waals surface area contributed by atoms with E-state index in [9.17, 15) is 4.79 Å². The van der Waals surface area contributed by atoms with Crippen molar-refractivity contribution in [3.05, 3.63) is 6.92 Å². The number of aliphatic hydroxyl groups is 1. The number of rotatable bonds is 8. The van der Waals surface area contributed by atoms with Crippen LogP contribution >= 0.6 is 0 Å². The molecule has 0 aromatic carbocycles. The Kier molecular flexibility index (Phi) is 7.21. The molecule has 4 heteroatoms. The second-order valence-corrected chi connectivity index (χ2v) is 4.71. The number of esters is 1. The average molecular weight is 242 g/mol. The van der Waals surface area contributed by atoms with Gasteiger partial charge in [0.1, 0.15) is 0 Å². The monoisotopic (exact) mass is 242 g/mol. The lowest BCUT2D eigenvalue weighted by atomic mass is 10.1. The van der Waals surface area contributed by atoms with Gasteiger partial charge in [-0.1, -0.05) is 0 Å². The van der Waals surface area contributed by atoms with Crippen LogP contribution in [0.25, 0.3) is 0 Å². The van der Waals surface area contributed by atoms with E-state index in [2.05, 4.69) is 11.8 Å². The van der Waals surface area contributed by atoms with Crippen LogP contribution in [0.1, 0.15) is 32.1 Å². The first-order valence-electron chi connectivity index (χ1n) is 6.54. The van der Waals surface area contributed by atoms with Gasteiger partial charge in [-0.3, -0.25) is 4.79 Å². The summed E-state index contributed by atoms with van der Waals surface area (Å²) in [6.45, 7) is 7.49. The van der Waals surface area contributed by atoms with Crippen molar-refractivity contribution in [1.29, 1.82) is 0 Å². The highest BCUT2D eigenvalue weighted by molar-refractivity contribution is 5.69. The van der Waals surface area contributed by atoms with Crippen LogP contribution in [-0.4, -0.2) is 48.8 Å². The number of nitrogens with zero attached hydrogens (tertiary/aromatic N) is 1. The molecule has 0 aromatic rings. The summed E-state index contributed by atoms with van der Waals surface area (Å²) in [5, 5.41) is 8.75. The van der Waals surface area contributed by atoms with Gasteiger partial charge in [-0.25, -0.2) is 0 Å². The Labute approximate surface area is 104 Å². The van der Waals surface area contributed by atoms with Crippen molar-refractivity contribution in [2.75, 3.05) is 32.8 Å². The van der Waals surface area contributed by atoms with Crippen molar-refractivity contribution >= 4 is 5.97 Å². The summed E-state index contributed by atoms with van der Waals surface area (Å²) in [6.07, 6.45) is 4.59. The summed E-state index contributed by atoms with van der Waals surface area (Å²) in [6, 6.07) is 0. The molecule has 0 aromatic heterocycles. The Hall–Kier alpha value is -0.610. The fourth-order valence-electron chi connectivity index (χ4n) is 1.96. The minimum absolute atomic E-state index is 0.0348. The standard InChI is InChI=1S/C13H24NO3/c1-12(11-15)6-10-17-13(16)5-4-9-14-7-2-3-8-14/h12,15H,1-11H2. The second-order valence-electron chi connectivity index (χ2n) is 4.71. The summed E-state index contributed by atoms with van der Waals surface area (Å²) < 4.78 is 5.07. The van der Waals surface area contributed by atoms with Gasteiger partial charge < -0.3 is 14.7 Å². The highest BCUT2D eigenvalue weighted by Gasteiger charge is 2.12. The highest BCUT2D eigenvalue weighted by atomic mass is 16.5. The fourth-order valence-corrected chi connectivity index (χ4v) is 1.96. The Morgan fingerprint density at radius 3 is 2.76 bits per heavy atom. The van der Waals surface area contributed by atoms with Gasteiger partial charge in [0.05, 0.1) is 6.61 Å². The van der Waals surface area contributed by atoms with Gasteiger partial charge in [0.2, 0.25) is 0 Å². The number of aliphatic hydroxyl groups excluding tert-OH is 1. The molecule has 1 atom stereocenters. The van der Waals surface area contributed by atoms with Crippen LogP contribution in [0.4, 0.5) is 0 Å². The molecule has 1 unspecified atom stereocenters. The van der Waals surface area contributed by atoms with E-state index in [1.165, 1.54) is 25.9 Å². The van der Waals surface area contributed by atoms with Crippen molar-refractivity contribution in [1.82, 2.24) is 4.90 Å². The number of carbonyl (C=O) groups is 1. The maximum absolute atomic E-state index is 11.4. The van der Waals surface area contributed by atoms with E-state index < -0.39 is 0 Å². The van der Waals surface area contributed by atoms with E-state index in [1.807, 2.05) is 0 Å². The summed E-state index contributed by atoms with van der Waals surface area (Å²) >= 11 is 0. The van der Waals surface area contributed by atoms with Gasteiger partial charge in [0, 0.05) is 13.0 Å². The van der Waals surface area contributed by atoms with Crippen LogP contribution in [0.5, 0.6) is 0 Å². The molecular formula is C13H24NO3. The van der Waals surface area contributed by atoms with E-state index in [0.717, 1.165) is 13.0 Å². The number of ether oxygens (including phenoxy) is 1. The largest absolute Gasteiger partial charge is 0.466 e. The first-order chi connectivity index (χ1) is 8.22. The highest BCUT2D eigenvalue weighted by Crippen LogP contribution is 2.08. The molecule has 0 amide bonds. The third-order valence-corrected chi connectivity index (χ3v) is 3.10. The average Bonchev–Trinajstić information content (AvgIpc) is 2.82. The Morgan fingerprint density at radius 1 is 1.41 bits per heavy atom. The third kappa shape index (κ3) is 6.64. The molecule has 0 spiro atoms. The zero-order chi connectivity index (χ0) is 12.5. The molecule has 99 valence electrons. The molecule has 1 radical (unpaired) electrons. The molecule has 1 saturated heterocycles. The normalized spacial score (nSPS) is 18.2. The maximum Gasteiger partial charge on any atom is 0.305 e. The molecule has 4 nitrogen and oxygen atoms in total. The first-order valence-corrected chi connectivity index (χ1v) is 6.54. The lowest BCUT2D eigenvalue weighted by molar-refractivity contribution is -0.144. The van der Waals surface area contributed by atoms with E-state index in [1.54, 1.807) is 0 Å². The minimum atomic E-state index is -0.130. The maximum atomic E-state index is 11.4. The van der Waals surface area contributed by atoms with Crippen LogP contribution in [0.15, 0.2) is 0 Å². The molecule has 1 aliphatic rings. The Balaban J connectivity index is 1.93. The molecule has 0 bridgehead atoms. The minimum Gasteiger partial charge on any atom is -0.466 e. The zero-order valence-corrected chi connectivity index (χ0v) is 10.6. The van der Waals surface area contributed by atoms with Crippen molar-refractivity contribution in [3.63, 3.8) is 0 Å². The van der Waals surface area contributed by atoms with E-state index in [-0.39, 0.29) is 18.5 Å². The molecule has 1 aliphatic heterocycles. The van der Waals surface area contributed by atoms with Gasteiger partial charge >= 0.3 is 5.97 Å². The zero-order valence-electron chi connectivity index (χ0n) is 10.6.